The maximum absolute atomic E-state index is 13.0. The number of Topliss-reactive ketones (excluding diaryl/α,β-unsaturated/α-hetero) is 1. The molecule has 5 heteroatoms. The van der Waals surface area contributed by atoms with E-state index in [9.17, 15) is 9.59 Å². The molecule has 0 aliphatic heterocycles. The van der Waals surface area contributed by atoms with Crippen LogP contribution in [0.1, 0.15) is 51.4 Å². The lowest BCUT2D eigenvalue weighted by molar-refractivity contribution is -0.147. The highest BCUT2D eigenvalue weighted by Gasteiger charge is 2.37. The van der Waals surface area contributed by atoms with Gasteiger partial charge in [-0.2, -0.15) is 5.10 Å². The summed E-state index contributed by atoms with van der Waals surface area (Å²) in [6.45, 7) is 0. The van der Waals surface area contributed by atoms with Gasteiger partial charge in [0, 0.05) is 25.7 Å². The van der Waals surface area contributed by atoms with Gasteiger partial charge in [-0.1, -0.05) is 12.8 Å². The molecule has 5 nitrogen and oxygen atoms in total. The molecule has 2 saturated carbocycles. The fourth-order valence-corrected chi connectivity index (χ4v) is 3.79. The number of ether oxygens (including phenoxy) is 1. The number of carbonyl (C=O) groups excluding carboxylic acids is 2. The van der Waals surface area contributed by atoms with Crippen LogP contribution < -0.4 is 0 Å². The molecular weight excluding hydrogens is 280 g/mol. The van der Waals surface area contributed by atoms with Crippen molar-refractivity contribution in [3.63, 3.8) is 0 Å². The molecule has 0 spiro atoms. The Bertz CT molecular complexity index is 445. The molecule has 3 unspecified atom stereocenters. The SMILES string of the molecule is COC(=O)C1CCCC(C(=O)C2CCCCC2=NN(C)C)C1. The van der Waals surface area contributed by atoms with Gasteiger partial charge in [0.1, 0.15) is 5.78 Å². The van der Waals surface area contributed by atoms with Gasteiger partial charge in [-0.25, -0.2) is 0 Å². The molecule has 2 rings (SSSR count). The van der Waals surface area contributed by atoms with E-state index in [-0.39, 0.29) is 23.7 Å². The number of rotatable bonds is 4. The van der Waals surface area contributed by atoms with Crippen molar-refractivity contribution in [2.24, 2.45) is 22.9 Å². The quantitative estimate of drug-likeness (QED) is 0.592. The number of nitrogens with zero attached hydrogens (tertiary/aromatic N) is 2. The molecule has 0 aromatic rings. The van der Waals surface area contributed by atoms with E-state index in [4.69, 9.17) is 4.74 Å². The lowest BCUT2D eigenvalue weighted by Crippen LogP contribution is -2.36. The van der Waals surface area contributed by atoms with Crippen molar-refractivity contribution in [3.8, 4) is 0 Å². The smallest absolute Gasteiger partial charge is 0.308 e. The van der Waals surface area contributed by atoms with Crippen molar-refractivity contribution in [2.75, 3.05) is 21.2 Å². The van der Waals surface area contributed by atoms with E-state index >= 15 is 0 Å². The molecule has 124 valence electrons. The van der Waals surface area contributed by atoms with Crippen LogP contribution in [0.5, 0.6) is 0 Å². The fraction of sp³-hybridized carbons (Fsp3) is 0.824. The van der Waals surface area contributed by atoms with Gasteiger partial charge in [0.25, 0.3) is 0 Å². The van der Waals surface area contributed by atoms with Gasteiger partial charge in [0.05, 0.1) is 18.9 Å². The largest absolute Gasteiger partial charge is 0.469 e. The van der Waals surface area contributed by atoms with Crippen molar-refractivity contribution >= 4 is 17.5 Å². The van der Waals surface area contributed by atoms with Crippen molar-refractivity contribution in [1.29, 1.82) is 0 Å². The molecule has 0 bridgehead atoms. The zero-order valence-corrected chi connectivity index (χ0v) is 14.0. The molecule has 0 aromatic heterocycles. The van der Waals surface area contributed by atoms with Gasteiger partial charge >= 0.3 is 5.97 Å². The van der Waals surface area contributed by atoms with E-state index in [0.29, 0.717) is 12.2 Å². The normalized spacial score (nSPS) is 30.9. The summed E-state index contributed by atoms with van der Waals surface area (Å²) in [7, 11) is 5.23. The van der Waals surface area contributed by atoms with E-state index in [1.165, 1.54) is 7.11 Å². The standard InChI is InChI=1S/C17H28N2O3/c1-19(2)18-15-10-5-4-9-14(15)16(20)12-7-6-8-13(11-12)17(21)22-3/h12-14H,4-11H2,1-3H3. The van der Waals surface area contributed by atoms with E-state index in [2.05, 4.69) is 5.10 Å². The van der Waals surface area contributed by atoms with Gasteiger partial charge in [0.2, 0.25) is 0 Å². The van der Waals surface area contributed by atoms with Gasteiger partial charge in [-0.3, -0.25) is 9.59 Å². The number of hydrogen-bond acceptors (Lipinski definition) is 5. The molecule has 0 aromatic carbocycles. The second-order valence-corrected chi connectivity index (χ2v) is 6.72. The highest BCUT2D eigenvalue weighted by molar-refractivity contribution is 6.06. The second-order valence-electron chi connectivity index (χ2n) is 6.72. The van der Waals surface area contributed by atoms with Crippen LogP contribution in [0.25, 0.3) is 0 Å². The first kappa shape index (κ1) is 17.0. The zero-order valence-electron chi connectivity index (χ0n) is 14.0. The number of hydrogen-bond donors (Lipinski definition) is 0. The average Bonchev–Trinajstić information content (AvgIpc) is 2.53. The number of ketones is 1. The summed E-state index contributed by atoms with van der Waals surface area (Å²) in [6.07, 6.45) is 7.37. The van der Waals surface area contributed by atoms with Crippen molar-refractivity contribution < 1.29 is 14.3 Å². The van der Waals surface area contributed by atoms with Crippen molar-refractivity contribution in [1.82, 2.24) is 5.01 Å². The molecule has 0 N–H and O–H groups in total. The molecule has 2 aliphatic rings. The van der Waals surface area contributed by atoms with Crippen molar-refractivity contribution in [3.05, 3.63) is 0 Å². The third kappa shape index (κ3) is 4.08. The number of methoxy groups -OCH3 is 1. The highest BCUT2D eigenvalue weighted by Crippen LogP contribution is 2.35. The minimum absolute atomic E-state index is 0.00619. The van der Waals surface area contributed by atoms with Crippen LogP contribution in [-0.4, -0.2) is 43.7 Å². The first-order valence-corrected chi connectivity index (χ1v) is 8.39. The van der Waals surface area contributed by atoms with Crippen LogP contribution in [0.4, 0.5) is 0 Å². The van der Waals surface area contributed by atoms with E-state index in [1.807, 2.05) is 14.1 Å². The second kappa shape index (κ2) is 7.75. The molecule has 2 fully saturated rings. The number of esters is 1. The van der Waals surface area contributed by atoms with Gasteiger partial charge in [0.15, 0.2) is 0 Å². The Balaban J connectivity index is 2.07. The van der Waals surface area contributed by atoms with Gasteiger partial charge in [-0.15, -0.1) is 0 Å². The third-order valence-electron chi connectivity index (χ3n) is 4.86. The molecule has 3 atom stereocenters. The Kier molecular flexibility index (Phi) is 5.98. The van der Waals surface area contributed by atoms with Gasteiger partial charge in [-0.05, 0) is 38.5 Å². The molecule has 0 saturated heterocycles. The summed E-state index contributed by atoms with van der Waals surface area (Å²) < 4.78 is 4.86. The van der Waals surface area contributed by atoms with Crippen LogP contribution in [-0.2, 0) is 14.3 Å². The minimum atomic E-state index is -0.164. The predicted octanol–water partition coefficient (Wildman–Crippen LogP) is 2.64. The Labute approximate surface area is 133 Å². The van der Waals surface area contributed by atoms with E-state index in [1.54, 1.807) is 5.01 Å². The lowest BCUT2D eigenvalue weighted by atomic mass is 9.73. The molecular formula is C17H28N2O3. The first-order valence-electron chi connectivity index (χ1n) is 8.39. The monoisotopic (exact) mass is 308 g/mol. The molecule has 0 radical (unpaired) electrons. The summed E-state index contributed by atoms with van der Waals surface area (Å²) in [6, 6.07) is 0. The zero-order chi connectivity index (χ0) is 16.1. The maximum atomic E-state index is 13.0. The number of hydrazone groups is 1. The molecule has 22 heavy (non-hydrogen) atoms. The highest BCUT2D eigenvalue weighted by atomic mass is 16.5. The van der Waals surface area contributed by atoms with Crippen molar-refractivity contribution in [2.45, 2.75) is 51.4 Å². The average molecular weight is 308 g/mol. The summed E-state index contributed by atoms with van der Waals surface area (Å²) in [5.74, 6) is -0.0198. The Morgan fingerprint density at radius 1 is 1.09 bits per heavy atom. The fourth-order valence-electron chi connectivity index (χ4n) is 3.79. The van der Waals surface area contributed by atoms with Crippen LogP contribution in [0.15, 0.2) is 5.10 Å². The van der Waals surface area contributed by atoms with E-state index < -0.39 is 0 Å². The van der Waals surface area contributed by atoms with E-state index in [0.717, 1.165) is 50.7 Å². The molecule has 2 aliphatic carbocycles. The molecule has 0 heterocycles. The third-order valence-corrected chi connectivity index (χ3v) is 4.86. The van der Waals surface area contributed by atoms with Crippen LogP contribution >= 0.6 is 0 Å². The first-order chi connectivity index (χ1) is 10.5. The lowest BCUT2D eigenvalue weighted by Gasteiger charge is -2.31. The Morgan fingerprint density at radius 2 is 1.82 bits per heavy atom. The Morgan fingerprint density at radius 3 is 2.50 bits per heavy atom. The number of carbonyl (C=O) groups is 2. The topological polar surface area (TPSA) is 59.0 Å². The molecule has 0 amide bonds. The van der Waals surface area contributed by atoms with Crippen LogP contribution in [0.2, 0.25) is 0 Å². The van der Waals surface area contributed by atoms with Crippen LogP contribution in [0, 0.1) is 17.8 Å². The Hall–Kier alpha value is -1.39. The van der Waals surface area contributed by atoms with Gasteiger partial charge < -0.3 is 9.75 Å². The summed E-state index contributed by atoms with van der Waals surface area (Å²) in [5, 5.41) is 6.33. The minimum Gasteiger partial charge on any atom is -0.469 e. The summed E-state index contributed by atoms with van der Waals surface area (Å²) in [5.41, 5.74) is 1.03. The predicted molar refractivity (Wildman–Crippen MR) is 85.6 cm³/mol. The maximum Gasteiger partial charge on any atom is 0.308 e. The van der Waals surface area contributed by atoms with Crippen LogP contribution in [0.3, 0.4) is 0 Å². The summed E-state index contributed by atoms with van der Waals surface area (Å²) in [4.78, 5) is 24.7. The summed E-state index contributed by atoms with van der Waals surface area (Å²) >= 11 is 0.